The van der Waals surface area contributed by atoms with Crippen molar-refractivity contribution >= 4 is 11.9 Å². The van der Waals surface area contributed by atoms with Crippen molar-refractivity contribution in [3.63, 3.8) is 0 Å². The Hall–Kier alpha value is -1.88. The molecule has 1 N–H and O–H groups in total. The number of carbonyl (C=O) groups excluding carboxylic acids is 1. The minimum atomic E-state index is -1.09. The molecule has 2 atom stereocenters. The summed E-state index contributed by atoms with van der Waals surface area (Å²) in [5.41, 5.74) is 1.14. The van der Waals surface area contributed by atoms with Crippen molar-refractivity contribution in [1.82, 2.24) is 0 Å². The van der Waals surface area contributed by atoms with Gasteiger partial charge in [0.2, 0.25) is 0 Å². The Morgan fingerprint density at radius 3 is 1.94 bits per heavy atom. The van der Waals surface area contributed by atoms with Crippen LogP contribution in [0.4, 0.5) is 0 Å². The molecule has 5 heteroatoms. The van der Waals surface area contributed by atoms with E-state index in [4.69, 9.17) is 9.47 Å². The molecule has 1 aromatic carbocycles. The van der Waals surface area contributed by atoms with E-state index in [9.17, 15) is 14.7 Å². The molecule has 1 rings (SSSR count). The van der Waals surface area contributed by atoms with Crippen LogP contribution in [0.15, 0.2) is 30.3 Å². The number of rotatable bonds is 20. The predicted molar refractivity (Wildman–Crippen MR) is 129 cm³/mol. The van der Waals surface area contributed by atoms with Crippen molar-refractivity contribution in [1.29, 1.82) is 0 Å². The number of carboxylic acids is 1. The van der Waals surface area contributed by atoms with Gasteiger partial charge in [-0.15, -0.1) is 0 Å². The first-order valence-corrected chi connectivity index (χ1v) is 12.6. The molecule has 0 saturated heterocycles. The average Bonchev–Trinajstić information content (AvgIpc) is 2.77. The van der Waals surface area contributed by atoms with Gasteiger partial charge in [-0.2, -0.15) is 0 Å². The number of carboxylic acid groups (broad SMARTS) is 1. The van der Waals surface area contributed by atoms with Crippen LogP contribution in [0.2, 0.25) is 0 Å². The van der Waals surface area contributed by atoms with Gasteiger partial charge in [-0.1, -0.05) is 101 Å². The Labute approximate surface area is 194 Å². The summed E-state index contributed by atoms with van der Waals surface area (Å²) in [5, 5.41) is 9.24. The van der Waals surface area contributed by atoms with Crippen molar-refractivity contribution in [3.8, 4) is 0 Å². The summed E-state index contributed by atoms with van der Waals surface area (Å²) >= 11 is 0. The number of hydrogen-bond donors (Lipinski definition) is 1. The van der Waals surface area contributed by atoms with Crippen molar-refractivity contribution in [2.24, 2.45) is 0 Å². The third-order valence-corrected chi connectivity index (χ3v) is 5.78. The second-order valence-electron chi connectivity index (χ2n) is 8.76. The van der Waals surface area contributed by atoms with Crippen LogP contribution >= 0.6 is 0 Å². The lowest BCUT2D eigenvalue weighted by molar-refractivity contribution is -0.163. The Morgan fingerprint density at radius 2 is 1.38 bits per heavy atom. The Balaban J connectivity index is 2.33. The van der Waals surface area contributed by atoms with E-state index in [1.807, 2.05) is 18.2 Å². The van der Waals surface area contributed by atoms with E-state index >= 15 is 0 Å². The fraction of sp³-hybridized carbons (Fsp3) is 0.704. The molecule has 0 aliphatic rings. The summed E-state index contributed by atoms with van der Waals surface area (Å²) in [4.78, 5) is 22.4. The highest BCUT2D eigenvalue weighted by Crippen LogP contribution is 2.18. The molecule has 0 fully saturated rings. The van der Waals surface area contributed by atoms with E-state index < -0.39 is 18.0 Å². The molecule has 0 spiro atoms. The molecule has 0 radical (unpaired) electrons. The number of esters is 1. The number of ether oxygens (including phenoxy) is 2. The number of unbranched alkanes of at least 4 members (excludes halogenated alkanes) is 9. The summed E-state index contributed by atoms with van der Waals surface area (Å²) in [6.45, 7) is 4.06. The van der Waals surface area contributed by atoms with E-state index in [1.54, 1.807) is 0 Å². The van der Waals surface area contributed by atoms with Crippen LogP contribution in [0.3, 0.4) is 0 Å². The normalized spacial score (nSPS) is 12.9. The molecule has 0 aromatic heterocycles. The van der Waals surface area contributed by atoms with Crippen LogP contribution in [-0.4, -0.2) is 29.3 Å². The van der Waals surface area contributed by atoms with Crippen LogP contribution in [0.5, 0.6) is 0 Å². The van der Waals surface area contributed by atoms with Crippen LogP contribution in [0, 0.1) is 0 Å². The van der Waals surface area contributed by atoms with E-state index in [0.29, 0.717) is 19.4 Å². The van der Waals surface area contributed by atoms with Gasteiger partial charge in [-0.25, -0.2) is 4.79 Å². The van der Waals surface area contributed by atoms with E-state index in [0.717, 1.165) is 24.8 Å². The zero-order valence-corrected chi connectivity index (χ0v) is 20.2. The van der Waals surface area contributed by atoms with Gasteiger partial charge < -0.3 is 14.6 Å². The molecule has 1 aromatic rings. The highest BCUT2D eigenvalue weighted by molar-refractivity contribution is 5.76. The second-order valence-corrected chi connectivity index (χ2v) is 8.76. The molecule has 0 aliphatic carbocycles. The second kappa shape index (κ2) is 18.7. The van der Waals surface area contributed by atoms with Gasteiger partial charge in [-0.3, -0.25) is 4.79 Å². The molecule has 2 unspecified atom stereocenters. The van der Waals surface area contributed by atoms with Crippen molar-refractivity contribution in [3.05, 3.63) is 35.9 Å². The van der Waals surface area contributed by atoms with Gasteiger partial charge in [0, 0.05) is 6.92 Å². The lowest BCUT2D eigenvalue weighted by Crippen LogP contribution is -2.26. The molecule has 0 heterocycles. The SMILES string of the molecule is CCCCCCCCCCCCC(CCCC(OC(C)=O)C(=O)O)OCc1ccccc1. The molecular formula is C27H44O5. The standard InChI is InChI=1S/C27H44O5/c1-3-4-5-6-7-8-9-10-11-15-19-25(31-22-24-17-13-12-14-18-24)20-16-21-26(27(29)30)32-23(2)28/h12-14,17-18,25-26H,3-11,15-16,19-22H2,1-2H3,(H,29,30). The van der Waals surface area contributed by atoms with Gasteiger partial charge in [0.25, 0.3) is 0 Å². The monoisotopic (exact) mass is 448 g/mol. The first kappa shape index (κ1) is 28.2. The maximum absolute atomic E-state index is 11.3. The Bertz CT molecular complexity index is 601. The summed E-state index contributed by atoms with van der Waals surface area (Å²) in [5.74, 6) is -1.64. The summed E-state index contributed by atoms with van der Waals surface area (Å²) in [7, 11) is 0. The lowest BCUT2D eigenvalue weighted by atomic mass is 10.0. The first-order valence-electron chi connectivity index (χ1n) is 12.6. The van der Waals surface area contributed by atoms with Gasteiger partial charge >= 0.3 is 11.9 Å². The molecule has 5 nitrogen and oxygen atoms in total. The van der Waals surface area contributed by atoms with Crippen molar-refractivity contribution < 1.29 is 24.2 Å². The molecule has 0 bridgehead atoms. The summed E-state index contributed by atoms with van der Waals surface area (Å²) in [6.07, 6.45) is 14.8. The highest BCUT2D eigenvalue weighted by Gasteiger charge is 2.21. The van der Waals surface area contributed by atoms with Crippen molar-refractivity contribution in [2.75, 3.05) is 0 Å². The number of aliphatic carboxylic acids is 1. The van der Waals surface area contributed by atoms with E-state index in [-0.39, 0.29) is 6.10 Å². The Morgan fingerprint density at radius 1 is 0.812 bits per heavy atom. The zero-order valence-electron chi connectivity index (χ0n) is 20.2. The van der Waals surface area contributed by atoms with Crippen LogP contribution in [0.25, 0.3) is 0 Å². The third-order valence-electron chi connectivity index (χ3n) is 5.78. The maximum Gasteiger partial charge on any atom is 0.345 e. The third kappa shape index (κ3) is 15.0. The minimum absolute atomic E-state index is 0.0935. The quantitative estimate of drug-likeness (QED) is 0.171. The smallest absolute Gasteiger partial charge is 0.345 e. The van der Waals surface area contributed by atoms with Gasteiger partial charge in [0.15, 0.2) is 6.10 Å². The van der Waals surface area contributed by atoms with Crippen LogP contribution in [0.1, 0.15) is 109 Å². The number of carbonyl (C=O) groups is 2. The first-order chi connectivity index (χ1) is 15.5. The summed E-state index contributed by atoms with van der Waals surface area (Å²) in [6, 6.07) is 10.1. The Kier molecular flexibility index (Phi) is 16.4. The fourth-order valence-corrected chi connectivity index (χ4v) is 3.92. The molecule has 0 amide bonds. The molecule has 0 aliphatic heterocycles. The summed E-state index contributed by atoms with van der Waals surface area (Å²) < 4.78 is 11.1. The van der Waals surface area contributed by atoms with Gasteiger partial charge in [-0.05, 0) is 31.2 Å². The fourth-order valence-electron chi connectivity index (χ4n) is 3.92. The zero-order chi connectivity index (χ0) is 23.4. The predicted octanol–water partition coefficient (Wildman–Crippen LogP) is 7.07. The molecule has 182 valence electrons. The highest BCUT2D eigenvalue weighted by atomic mass is 16.6. The van der Waals surface area contributed by atoms with E-state index in [1.165, 1.54) is 64.7 Å². The number of hydrogen-bond acceptors (Lipinski definition) is 4. The molecular weight excluding hydrogens is 404 g/mol. The van der Waals surface area contributed by atoms with E-state index in [2.05, 4.69) is 19.1 Å². The van der Waals surface area contributed by atoms with Crippen LogP contribution in [-0.2, 0) is 25.7 Å². The largest absolute Gasteiger partial charge is 0.479 e. The molecule has 32 heavy (non-hydrogen) atoms. The average molecular weight is 449 g/mol. The van der Waals surface area contributed by atoms with Gasteiger partial charge in [0.1, 0.15) is 0 Å². The lowest BCUT2D eigenvalue weighted by Gasteiger charge is -2.19. The minimum Gasteiger partial charge on any atom is -0.479 e. The van der Waals surface area contributed by atoms with Crippen LogP contribution < -0.4 is 0 Å². The number of benzene rings is 1. The van der Waals surface area contributed by atoms with Crippen molar-refractivity contribution in [2.45, 2.75) is 123 Å². The van der Waals surface area contributed by atoms with Gasteiger partial charge in [0.05, 0.1) is 12.7 Å². The molecule has 0 saturated carbocycles. The topological polar surface area (TPSA) is 72.8 Å². The maximum atomic E-state index is 11.3.